The first kappa shape index (κ1) is 21.7. The minimum atomic E-state index is 0.321. The van der Waals surface area contributed by atoms with Gasteiger partial charge in [0.05, 0.1) is 6.10 Å². The summed E-state index contributed by atoms with van der Waals surface area (Å²) in [5, 5.41) is 4.55. The number of anilines is 1. The third-order valence-corrected chi connectivity index (χ3v) is 6.90. The smallest absolute Gasteiger partial charge is 0.257 e. The first-order valence-corrected chi connectivity index (χ1v) is 11.6. The van der Waals surface area contributed by atoms with E-state index in [1.54, 1.807) is 6.20 Å². The van der Waals surface area contributed by atoms with E-state index >= 15 is 0 Å². The zero-order valence-electron chi connectivity index (χ0n) is 17.7. The van der Waals surface area contributed by atoms with Gasteiger partial charge < -0.3 is 7.88 Å². The zero-order chi connectivity index (χ0) is 21.1. The third-order valence-electron chi connectivity index (χ3n) is 6.18. The Bertz CT molecular complexity index is 976. The van der Waals surface area contributed by atoms with Gasteiger partial charge in [0.25, 0.3) is 6.85 Å². The summed E-state index contributed by atoms with van der Waals surface area (Å²) < 4.78 is 7.46. The minimum Gasteiger partial charge on any atom is -0.400 e. The average molecular weight is 512 g/mol. The molecule has 30 heavy (non-hydrogen) atoms. The van der Waals surface area contributed by atoms with E-state index in [2.05, 4.69) is 58.1 Å². The van der Waals surface area contributed by atoms with Gasteiger partial charge in [0.2, 0.25) is 0 Å². The van der Waals surface area contributed by atoms with E-state index in [1.807, 2.05) is 34.4 Å². The molecule has 0 spiro atoms. The quantitative estimate of drug-likeness (QED) is 0.356. The van der Waals surface area contributed by atoms with Crippen LogP contribution in [0.2, 0.25) is 6.82 Å². The molecule has 0 amide bonds. The fourth-order valence-electron chi connectivity index (χ4n) is 4.53. The highest BCUT2D eigenvalue weighted by Gasteiger charge is 2.28. The predicted molar refractivity (Wildman–Crippen MR) is 133 cm³/mol. The lowest BCUT2D eigenvalue weighted by Crippen LogP contribution is -2.44. The zero-order valence-corrected chi connectivity index (χ0v) is 19.8. The molecular formula is C22H27B2IN4O. The van der Waals surface area contributed by atoms with Crippen molar-refractivity contribution in [3.63, 3.8) is 0 Å². The first-order valence-electron chi connectivity index (χ1n) is 10.7. The molecule has 1 aliphatic carbocycles. The Morgan fingerprint density at radius 1 is 1.23 bits per heavy atom. The number of aromatic nitrogens is 3. The van der Waals surface area contributed by atoms with Crippen LogP contribution < -0.4 is 10.3 Å². The molecule has 3 aromatic rings. The minimum absolute atomic E-state index is 0.321. The normalized spacial score (nSPS) is 19.2. The van der Waals surface area contributed by atoms with Gasteiger partial charge in [-0.05, 0) is 50.3 Å². The summed E-state index contributed by atoms with van der Waals surface area (Å²) >= 11 is 2.05. The van der Waals surface area contributed by atoms with Crippen LogP contribution in [0.15, 0.2) is 42.6 Å². The molecule has 1 aliphatic rings. The monoisotopic (exact) mass is 512 g/mol. The van der Waals surface area contributed by atoms with Crippen molar-refractivity contribution in [3.8, 4) is 0 Å². The average Bonchev–Trinajstić information content (AvgIpc) is 3.13. The first-order chi connectivity index (χ1) is 14.5. The molecule has 0 unspecified atom stereocenters. The summed E-state index contributed by atoms with van der Waals surface area (Å²) in [4.78, 5) is 7.13. The Morgan fingerprint density at radius 3 is 2.67 bits per heavy atom. The van der Waals surface area contributed by atoms with E-state index in [0.29, 0.717) is 24.3 Å². The molecule has 2 heterocycles. The van der Waals surface area contributed by atoms with Crippen LogP contribution in [-0.4, -0.2) is 41.9 Å². The Hall–Kier alpha value is -1.54. The number of fused-ring (bicyclic) bond motifs is 1. The fourth-order valence-corrected chi connectivity index (χ4v) is 5.04. The number of aryl methyl sites for hydroxylation is 1. The Balaban J connectivity index is 1.65. The molecule has 1 aromatic carbocycles. The van der Waals surface area contributed by atoms with Gasteiger partial charge in [-0.15, -0.1) is 0 Å². The molecule has 0 aliphatic heterocycles. The summed E-state index contributed by atoms with van der Waals surface area (Å²) in [5.41, 5.74) is 3.67. The van der Waals surface area contributed by atoms with Gasteiger partial charge in [-0.25, -0.2) is 9.50 Å². The molecule has 0 bridgehead atoms. The maximum absolute atomic E-state index is 6.15. The van der Waals surface area contributed by atoms with Gasteiger partial charge in [0, 0.05) is 24.5 Å². The Morgan fingerprint density at radius 2 is 1.97 bits per heavy atom. The second kappa shape index (κ2) is 9.73. The number of nitrogens with zero attached hydrogens (tertiary/aromatic N) is 4. The summed E-state index contributed by atoms with van der Waals surface area (Å²) in [6, 6.07) is 12.8. The van der Waals surface area contributed by atoms with Crippen molar-refractivity contribution in [1.82, 2.24) is 14.6 Å². The molecule has 4 rings (SSSR count). The highest BCUT2D eigenvalue weighted by molar-refractivity contribution is 14.1. The Labute approximate surface area is 194 Å². The molecule has 1 fully saturated rings. The number of hydrogen-bond acceptors (Lipinski definition) is 4. The maximum Gasteiger partial charge on any atom is 0.257 e. The topological polar surface area (TPSA) is 42.7 Å². The standard InChI is InChI=1S/C22H27B2IN4O/c1-16-12-21(29-22(27-16)20(23)14-26-29)28(15-18-8-10-19(30-25)11-9-18)24(2)13-17-6-4-3-5-7-17/h3-7,12,14,18-19H,8-11,13,15H2,1-2H3. The molecule has 1 saturated carbocycles. The lowest BCUT2D eigenvalue weighted by Gasteiger charge is -2.36. The van der Waals surface area contributed by atoms with Crippen molar-refractivity contribution >= 4 is 54.6 Å². The van der Waals surface area contributed by atoms with E-state index in [1.165, 1.54) is 18.4 Å². The highest BCUT2D eigenvalue weighted by atomic mass is 127. The molecule has 2 radical (unpaired) electrons. The SMILES string of the molecule is [B]c1cnn2c(N(CC3CCC(OI)CC3)B(C)Cc3ccccc3)cc(C)nc12. The van der Waals surface area contributed by atoms with E-state index in [0.717, 1.165) is 42.9 Å². The summed E-state index contributed by atoms with van der Waals surface area (Å²) in [6.45, 7) is 5.65. The van der Waals surface area contributed by atoms with Gasteiger partial charge in [-0.3, -0.25) is 0 Å². The molecule has 0 atom stereocenters. The third kappa shape index (κ3) is 4.85. The molecule has 2 aromatic heterocycles. The van der Waals surface area contributed by atoms with Crippen LogP contribution in [0.5, 0.6) is 0 Å². The van der Waals surface area contributed by atoms with Gasteiger partial charge in [-0.2, -0.15) is 5.10 Å². The molecular weight excluding hydrogens is 485 g/mol. The summed E-state index contributed by atoms with van der Waals surface area (Å²) in [5.74, 6) is 1.72. The van der Waals surface area contributed by atoms with Crippen molar-refractivity contribution in [2.45, 2.75) is 51.9 Å². The van der Waals surface area contributed by atoms with Gasteiger partial charge >= 0.3 is 0 Å². The van der Waals surface area contributed by atoms with Gasteiger partial charge in [0.1, 0.15) is 42.3 Å². The number of halogens is 1. The molecule has 0 N–H and O–H groups in total. The molecule has 0 saturated heterocycles. The van der Waals surface area contributed by atoms with E-state index in [-0.39, 0.29) is 0 Å². The van der Waals surface area contributed by atoms with E-state index < -0.39 is 0 Å². The van der Waals surface area contributed by atoms with Crippen molar-refractivity contribution < 1.29 is 3.07 Å². The predicted octanol–water partition coefficient (Wildman–Crippen LogP) is 3.97. The van der Waals surface area contributed by atoms with Crippen LogP contribution in [0.3, 0.4) is 0 Å². The fraction of sp³-hybridized carbons (Fsp3) is 0.455. The lowest BCUT2D eigenvalue weighted by molar-refractivity contribution is 0.182. The lowest BCUT2D eigenvalue weighted by atomic mass is 9.57. The van der Waals surface area contributed by atoms with Crippen LogP contribution >= 0.6 is 23.0 Å². The number of hydrogen-bond donors (Lipinski definition) is 0. The number of rotatable bonds is 7. The molecule has 8 heteroatoms. The highest BCUT2D eigenvalue weighted by Crippen LogP contribution is 2.30. The molecule has 154 valence electrons. The van der Waals surface area contributed by atoms with Crippen LogP contribution in [0.1, 0.15) is 36.9 Å². The van der Waals surface area contributed by atoms with Crippen LogP contribution in [0.25, 0.3) is 5.65 Å². The van der Waals surface area contributed by atoms with Gasteiger partial charge in [0.15, 0.2) is 0 Å². The van der Waals surface area contributed by atoms with Crippen LogP contribution in [0.4, 0.5) is 5.82 Å². The van der Waals surface area contributed by atoms with Crippen LogP contribution in [-0.2, 0) is 9.39 Å². The van der Waals surface area contributed by atoms with Crippen molar-refractivity contribution in [1.29, 1.82) is 0 Å². The summed E-state index contributed by atoms with van der Waals surface area (Å²) in [7, 11) is 6.15. The van der Waals surface area contributed by atoms with Crippen molar-refractivity contribution in [2.75, 3.05) is 11.4 Å². The van der Waals surface area contributed by atoms with Gasteiger partial charge in [-0.1, -0.05) is 42.7 Å². The van der Waals surface area contributed by atoms with E-state index in [4.69, 9.17) is 10.9 Å². The second-order valence-corrected chi connectivity index (χ2v) is 9.02. The summed E-state index contributed by atoms with van der Waals surface area (Å²) in [6.07, 6.45) is 7.73. The molecule has 5 nitrogen and oxygen atoms in total. The maximum atomic E-state index is 6.15. The van der Waals surface area contributed by atoms with Crippen molar-refractivity contribution in [3.05, 3.63) is 53.9 Å². The Kier molecular flexibility index (Phi) is 7.03. The van der Waals surface area contributed by atoms with Crippen molar-refractivity contribution in [2.24, 2.45) is 5.92 Å². The second-order valence-electron chi connectivity index (χ2n) is 8.51. The van der Waals surface area contributed by atoms with E-state index in [9.17, 15) is 0 Å². The number of benzene rings is 1. The largest absolute Gasteiger partial charge is 0.400 e. The van der Waals surface area contributed by atoms with Crippen LogP contribution in [0, 0.1) is 12.8 Å².